The first-order chi connectivity index (χ1) is 3.43. The van der Waals surface area contributed by atoms with E-state index in [-0.39, 0.29) is 5.25 Å². The van der Waals surface area contributed by atoms with Crippen LogP contribution >= 0.6 is 11.9 Å². The largest absolute Gasteiger partial charge is 0.218 e. The van der Waals surface area contributed by atoms with Gasteiger partial charge in [0, 0.05) is 6.42 Å². The van der Waals surface area contributed by atoms with E-state index in [0.717, 1.165) is 0 Å². The van der Waals surface area contributed by atoms with Crippen molar-refractivity contribution < 1.29 is 0 Å². The third kappa shape index (κ3) is 0.937. The monoisotopic (exact) mass is 111 g/mol. The van der Waals surface area contributed by atoms with Crippen molar-refractivity contribution in [3.8, 4) is 6.07 Å². The molecule has 1 aliphatic rings. The zero-order valence-corrected chi connectivity index (χ0v) is 4.40. The highest BCUT2D eigenvalue weighted by molar-refractivity contribution is 7.99. The molecule has 0 saturated carbocycles. The van der Waals surface area contributed by atoms with Crippen molar-refractivity contribution in [2.75, 3.05) is 0 Å². The summed E-state index contributed by atoms with van der Waals surface area (Å²) in [6.45, 7) is 0. The third-order valence-corrected chi connectivity index (χ3v) is 1.43. The van der Waals surface area contributed by atoms with Crippen LogP contribution in [-0.4, -0.2) is 11.5 Å². The maximum atomic E-state index is 8.20. The quantitative estimate of drug-likeness (QED) is 0.435. The molecule has 1 rings (SSSR count). The van der Waals surface area contributed by atoms with E-state index < -0.39 is 0 Å². The van der Waals surface area contributed by atoms with Crippen LogP contribution in [0.3, 0.4) is 0 Å². The fraction of sp³-hybridized carbons (Fsp3) is 0.500. The Labute approximate surface area is 46.4 Å². The van der Waals surface area contributed by atoms with Gasteiger partial charge in [-0.25, -0.2) is 4.40 Å². The summed E-state index contributed by atoms with van der Waals surface area (Å²) in [6, 6.07) is 2.07. The lowest BCUT2D eigenvalue weighted by Crippen LogP contribution is -1.89. The number of nitrogens with zero attached hydrogens (tertiary/aromatic N) is 2. The molecule has 0 fully saturated rings. The molecule has 0 aromatic rings. The Hall–Kier alpha value is -0.490. The molecule has 1 unspecified atom stereocenters. The van der Waals surface area contributed by atoms with Gasteiger partial charge in [0.05, 0.1) is 12.3 Å². The second-order valence-electron chi connectivity index (χ2n) is 1.18. The first-order valence-corrected chi connectivity index (χ1v) is 2.75. The summed E-state index contributed by atoms with van der Waals surface area (Å²) in [6.07, 6.45) is 3.38. The maximum Gasteiger partial charge on any atom is 0.119 e. The smallest absolute Gasteiger partial charge is 0.119 e. The van der Waals surface area contributed by atoms with Gasteiger partial charge in [0.15, 0.2) is 0 Å². The Balaban J connectivity index is 2.39. The Morgan fingerprint density at radius 3 is 3.14 bits per heavy atom. The standard InChI is InChI=1S/C4H3N2S/c5-3-4-1-2-6-7-4/h4H,1H2. The van der Waals surface area contributed by atoms with Crippen molar-refractivity contribution in [1.82, 2.24) is 0 Å². The summed E-state index contributed by atoms with van der Waals surface area (Å²) in [7, 11) is 0. The van der Waals surface area contributed by atoms with Crippen LogP contribution in [0.4, 0.5) is 0 Å². The number of rotatable bonds is 0. The predicted octanol–water partition coefficient (Wildman–Crippen LogP) is 0.878. The molecular formula is C4H3N2S. The van der Waals surface area contributed by atoms with E-state index >= 15 is 0 Å². The molecule has 0 aromatic heterocycles. The first-order valence-electron chi connectivity index (χ1n) is 1.92. The molecule has 0 saturated heterocycles. The van der Waals surface area contributed by atoms with Gasteiger partial charge in [-0.15, -0.1) is 0 Å². The van der Waals surface area contributed by atoms with Crippen LogP contribution in [0.5, 0.6) is 0 Å². The highest BCUT2D eigenvalue weighted by Crippen LogP contribution is 2.18. The van der Waals surface area contributed by atoms with Gasteiger partial charge in [-0.3, -0.25) is 0 Å². The minimum absolute atomic E-state index is 0.0417. The molecule has 1 atom stereocenters. The zero-order chi connectivity index (χ0) is 5.11. The van der Waals surface area contributed by atoms with E-state index in [0.29, 0.717) is 6.42 Å². The molecule has 0 aromatic carbocycles. The van der Waals surface area contributed by atoms with Crippen molar-refractivity contribution in [2.24, 2.45) is 4.40 Å². The van der Waals surface area contributed by atoms with Gasteiger partial charge in [-0.05, 0) is 11.9 Å². The molecule has 1 heterocycles. The van der Waals surface area contributed by atoms with Gasteiger partial charge in [0.25, 0.3) is 0 Å². The molecule has 0 bridgehead atoms. The van der Waals surface area contributed by atoms with E-state index in [4.69, 9.17) is 5.26 Å². The van der Waals surface area contributed by atoms with Crippen molar-refractivity contribution >= 4 is 18.2 Å². The summed E-state index contributed by atoms with van der Waals surface area (Å²) in [5.74, 6) is 0. The highest BCUT2D eigenvalue weighted by atomic mass is 32.2. The van der Waals surface area contributed by atoms with Crippen molar-refractivity contribution in [2.45, 2.75) is 11.7 Å². The summed E-state index contributed by atoms with van der Waals surface area (Å²) in [5.41, 5.74) is 0. The van der Waals surface area contributed by atoms with Gasteiger partial charge in [0.1, 0.15) is 5.25 Å². The Morgan fingerprint density at radius 2 is 2.86 bits per heavy atom. The second kappa shape index (κ2) is 1.99. The predicted molar refractivity (Wildman–Crippen MR) is 29.0 cm³/mol. The SMILES string of the molecule is N#CC1C[C]=NS1. The molecule has 0 aliphatic carbocycles. The lowest BCUT2D eigenvalue weighted by molar-refractivity contribution is 1.17. The number of hydrogen-bond acceptors (Lipinski definition) is 3. The molecular weight excluding hydrogens is 108 g/mol. The highest BCUT2D eigenvalue weighted by Gasteiger charge is 2.09. The van der Waals surface area contributed by atoms with Crippen LogP contribution in [0.25, 0.3) is 0 Å². The van der Waals surface area contributed by atoms with Crippen molar-refractivity contribution in [3.05, 3.63) is 0 Å². The van der Waals surface area contributed by atoms with Crippen LogP contribution in [0.15, 0.2) is 4.40 Å². The molecule has 0 N–H and O–H groups in total. The van der Waals surface area contributed by atoms with E-state index in [9.17, 15) is 0 Å². The summed E-state index contributed by atoms with van der Waals surface area (Å²) >= 11 is 1.30. The average Bonchev–Trinajstić information content (AvgIpc) is 2.14. The van der Waals surface area contributed by atoms with Crippen LogP contribution in [0.1, 0.15) is 6.42 Å². The van der Waals surface area contributed by atoms with Gasteiger partial charge >= 0.3 is 0 Å². The third-order valence-electron chi connectivity index (χ3n) is 0.665. The van der Waals surface area contributed by atoms with Crippen molar-refractivity contribution in [3.63, 3.8) is 0 Å². The lowest BCUT2D eigenvalue weighted by atomic mass is 10.3. The van der Waals surface area contributed by atoms with Gasteiger partial charge < -0.3 is 0 Å². The van der Waals surface area contributed by atoms with Crippen LogP contribution in [-0.2, 0) is 0 Å². The second-order valence-corrected chi connectivity index (χ2v) is 2.14. The molecule has 1 radical (unpaired) electrons. The van der Waals surface area contributed by atoms with Crippen molar-refractivity contribution in [1.29, 1.82) is 5.26 Å². The fourth-order valence-corrected chi connectivity index (χ4v) is 0.800. The molecule has 35 valence electrons. The lowest BCUT2D eigenvalue weighted by Gasteiger charge is -1.85. The van der Waals surface area contributed by atoms with Crippen LogP contribution < -0.4 is 0 Å². The summed E-state index contributed by atoms with van der Waals surface area (Å²) in [4.78, 5) is 0. The molecule has 1 aliphatic heterocycles. The molecule has 7 heavy (non-hydrogen) atoms. The van der Waals surface area contributed by atoms with Gasteiger partial charge in [-0.1, -0.05) is 0 Å². The topological polar surface area (TPSA) is 36.1 Å². The Bertz CT molecular complexity index is 116. The van der Waals surface area contributed by atoms with E-state index in [1.165, 1.54) is 11.9 Å². The van der Waals surface area contributed by atoms with Crippen LogP contribution in [0.2, 0.25) is 0 Å². The Kier molecular flexibility index (Phi) is 1.32. The number of nitriles is 1. The van der Waals surface area contributed by atoms with E-state index in [1.807, 2.05) is 0 Å². The minimum atomic E-state index is 0.0417. The molecule has 0 amide bonds. The van der Waals surface area contributed by atoms with Gasteiger partial charge in [0.2, 0.25) is 0 Å². The minimum Gasteiger partial charge on any atom is -0.218 e. The van der Waals surface area contributed by atoms with Gasteiger partial charge in [-0.2, -0.15) is 5.26 Å². The fourth-order valence-electron chi connectivity index (χ4n) is 0.328. The first kappa shape index (κ1) is 4.66. The maximum absolute atomic E-state index is 8.20. The Morgan fingerprint density at radius 1 is 2.00 bits per heavy atom. The molecule has 0 spiro atoms. The average molecular weight is 111 g/mol. The number of hydrogen-bond donors (Lipinski definition) is 0. The van der Waals surface area contributed by atoms with Crippen LogP contribution in [0, 0.1) is 11.3 Å². The summed E-state index contributed by atoms with van der Waals surface area (Å²) in [5, 5.41) is 8.24. The van der Waals surface area contributed by atoms with E-state index in [1.54, 1.807) is 0 Å². The molecule has 3 heteroatoms. The van der Waals surface area contributed by atoms with E-state index in [2.05, 4.69) is 16.7 Å². The summed E-state index contributed by atoms with van der Waals surface area (Å²) < 4.78 is 3.68. The zero-order valence-electron chi connectivity index (χ0n) is 3.59. The molecule has 2 nitrogen and oxygen atoms in total. The normalized spacial score (nSPS) is 27.6.